The van der Waals surface area contributed by atoms with Crippen LogP contribution in [0, 0.1) is 0 Å². The molecule has 1 aromatic carbocycles. The number of anilines is 1. The molecular formula is C16H15N5O2. The predicted octanol–water partition coefficient (Wildman–Crippen LogP) is 2.90. The number of carbonyl (C=O) groups excluding carboxylic acids is 1. The largest absolute Gasteiger partial charge is 0.328 e. The van der Waals surface area contributed by atoms with Crippen LogP contribution in [-0.2, 0) is 0 Å². The lowest BCUT2D eigenvalue weighted by atomic mass is 10.0. The zero-order chi connectivity index (χ0) is 16.2. The van der Waals surface area contributed by atoms with Crippen molar-refractivity contribution >= 4 is 11.6 Å². The summed E-state index contributed by atoms with van der Waals surface area (Å²) in [7, 11) is 0. The summed E-state index contributed by atoms with van der Waals surface area (Å²) in [6.45, 7) is 4.12. The van der Waals surface area contributed by atoms with Gasteiger partial charge in [0.25, 0.3) is 0 Å². The maximum absolute atomic E-state index is 12.3. The summed E-state index contributed by atoms with van der Waals surface area (Å²) in [6, 6.07) is 7.61. The van der Waals surface area contributed by atoms with E-state index in [2.05, 4.69) is 39.3 Å². The Labute approximate surface area is 132 Å². The molecule has 0 aliphatic heterocycles. The van der Waals surface area contributed by atoms with Crippen molar-refractivity contribution in [3.8, 4) is 11.5 Å². The Morgan fingerprint density at radius 1 is 1.22 bits per heavy atom. The Kier molecular flexibility index (Phi) is 4.09. The number of hydrogen-bond acceptors (Lipinski definition) is 6. The molecule has 0 saturated carbocycles. The second-order valence-corrected chi connectivity index (χ2v) is 5.21. The van der Waals surface area contributed by atoms with Crippen molar-refractivity contribution in [2.75, 3.05) is 5.32 Å². The number of benzene rings is 1. The van der Waals surface area contributed by atoms with E-state index < -0.39 is 5.91 Å². The van der Waals surface area contributed by atoms with E-state index in [0.717, 1.165) is 11.3 Å². The van der Waals surface area contributed by atoms with E-state index in [-0.39, 0.29) is 17.6 Å². The molecule has 3 aromatic rings. The molecular weight excluding hydrogens is 294 g/mol. The molecule has 0 aliphatic rings. The van der Waals surface area contributed by atoms with Gasteiger partial charge in [0.2, 0.25) is 5.82 Å². The van der Waals surface area contributed by atoms with Crippen LogP contribution in [0.15, 0.2) is 47.4 Å². The number of hydrogen-bond donors (Lipinski definition) is 1. The standard InChI is InChI=1S/C16H15N5O2/c1-10(2)11-5-3-4-6-12(11)19-15(22)16-20-14(21-23-16)13-9-17-7-8-18-13/h3-10H,1-2H3,(H,19,22). The first-order chi connectivity index (χ1) is 11.1. The molecule has 0 saturated heterocycles. The molecule has 0 unspecified atom stereocenters. The van der Waals surface area contributed by atoms with E-state index in [1.807, 2.05) is 24.3 Å². The molecule has 23 heavy (non-hydrogen) atoms. The van der Waals surface area contributed by atoms with Crippen LogP contribution in [-0.4, -0.2) is 26.0 Å². The van der Waals surface area contributed by atoms with Gasteiger partial charge in [-0.1, -0.05) is 37.2 Å². The van der Waals surface area contributed by atoms with Crippen molar-refractivity contribution < 1.29 is 9.32 Å². The fraction of sp³-hybridized carbons (Fsp3) is 0.188. The number of para-hydroxylation sites is 1. The molecule has 1 amide bonds. The average Bonchev–Trinajstić information content (AvgIpc) is 3.06. The molecule has 7 heteroatoms. The zero-order valence-corrected chi connectivity index (χ0v) is 12.7. The Hall–Kier alpha value is -3.09. The van der Waals surface area contributed by atoms with Crippen LogP contribution in [0.1, 0.15) is 36.0 Å². The minimum Gasteiger partial charge on any atom is -0.328 e. The van der Waals surface area contributed by atoms with Crippen LogP contribution in [0.4, 0.5) is 5.69 Å². The molecule has 0 atom stereocenters. The summed E-state index contributed by atoms with van der Waals surface area (Å²) >= 11 is 0. The molecule has 0 radical (unpaired) electrons. The van der Waals surface area contributed by atoms with E-state index in [1.165, 1.54) is 12.4 Å². The fourth-order valence-electron chi connectivity index (χ4n) is 2.12. The summed E-state index contributed by atoms with van der Waals surface area (Å²) in [5, 5.41) is 6.56. The second-order valence-electron chi connectivity index (χ2n) is 5.21. The molecule has 3 rings (SSSR count). The van der Waals surface area contributed by atoms with Crippen molar-refractivity contribution in [1.29, 1.82) is 0 Å². The van der Waals surface area contributed by atoms with Gasteiger partial charge < -0.3 is 9.84 Å². The van der Waals surface area contributed by atoms with Gasteiger partial charge >= 0.3 is 11.8 Å². The Morgan fingerprint density at radius 2 is 2.04 bits per heavy atom. The van der Waals surface area contributed by atoms with Gasteiger partial charge in [0, 0.05) is 18.1 Å². The minimum absolute atomic E-state index is 0.121. The van der Waals surface area contributed by atoms with Crippen molar-refractivity contribution in [2.24, 2.45) is 0 Å². The maximum Gasteiger partial charge on any atom is 0.316 e. The third-order valence-corrected chi connectivity index (χ3v) is 3.24. The quantitative estimate of drug-likeness (QED) is 0.796. The Morgan fingerprint density at radius 3 is 2.78 bits per heavy atom. The Bertz CT molecular complexity index is 814. The SMILES string of the molecule is CC(C)c1ccccc1NC(=O)c1nc(-c2cnccn2)no1. The topological polar surface area (TPSA) is 93.8 Å². The van der Waals surface area contributed by atoms with Crippen molar-refractivity contribution in [3.05, 3.63) is 54.3 Å². The van der Waals surface area contributed by atoms with Crippen LogP contribution >= 0.6 is 0 Å². The van der Waals surface area contributed by atoms with E-state index in [9.17, 15) is 4.79 Å². The average molecular weight is 309 g/mol. The summed E-state index contributed by atoms with van der Waals surface area (Å²) in [5.74, 6) is -0.0744. The lowest BCUT2D eigenvalue weighted by Crippen LogP contribution is -2.14. The summed E-state index contributed by atoms with van der Waals surface area (Å²) in [6.07, 6.45) is 4.56. The van der Waals surface area contributed by atoms with E-state index in [0.29, 0.717) is 5.69 Å². The fourth-order valence-corrected chi connectivity index (χ4v) is 2.12. The number of rotatable bonds is 4. The first-order valence-electron chi connectivity index (χ1n) is 7.15. The number of nitrogens with zero attached hydrogens (tertiary/aromatic N) is 4. The van der Waals surface area contributed by atoms with E-state index in [4.69, 9.17) is 4.52 Å². The summed E-state index contributed by atoms with van der Waals surface area (Å²) < 4.78 is 5.01. The molecule has 0 spiro atoms. The van der Waals surface area contributed by atoms with Gasteiger partial charge in [-0.05, 0) is 17.5 Å². The number of aromatic nitrogens is 4. The predicted molar refractivity (Wildman–Crippen MR) is 83.8 cm³/mol. The van der Waals surface area contributed by atoms with Crippen LogP contribution in [0.25, 0.3) is 11.5 Å². The lowest BCUT2D eigenvalue weighted by Gasteiger charge is -2.12. The molecule has 0 aliphatic carbocycles. The van der Waals surface area contributed by atoms with Crippen LogP contribution in [0.3, 0.4) is 0 Å². The van der Waals surface area contributed by atoms with E-state index >= 15 is 0 Å². The summed E-state index contributed by atoms with van der Waals surface area (Å²) in [5.41, 5.74) is 2.21. The van der Waals surface area contributed by atoms with Crippen molar-refractivity contribution in [2.45, 2.75) is 19.8 Å². The summed E-state index contributed by atoms with van der Waals surface area (Å²) in [4.78, 5) is 24.3. The number of amides is 1. The third-order valence-electron chi connectivity index (χ3n) is 3.24. The normalized spacial score (nSPS) is 10.7. The number of carbonyl (C=O) groups is 1. The molecule has 1 N–H and O–H groups in total. The maximum atomic E-state index is 12.3. The van der Waals surface area contributed by atoms with Gasteiger partial charge in [-0.25, -0.2) is 4.98 Å². The highest BCUT2D eigenvalue weighted by molar-refractivity contribution is 6.01. The van der Waals surface area contributed by atoms with E-state index in [1.54, 1.807) is 6.20 Å². The zero-order valence-electron chi connectivity index (χ0n) is 12.7. The van der Waals surface area contributed by atoms with Gasteiger partial charge in [-0.15, -0.1) is 0 Å². The van der Waals surface area contributed by atoms with Crippen LogP contribution in [0.2, 0.25) is 0 Å². The van der Waals surface area contributed by atoms with Crippen LogP contribution < -0.4 is 5.32 Å². The number of nitrogens with one attached hydrogen (secondary N) is 1. The first kappa shape index (κ1) is 14.8. The van der Waals surface area contributed by atoms with Crippen molar-refractivity contribution in [1.82, 2.24) is 20.1 Å². The lowest BCUT2D eigenvalue weighted by molar-refractivity contribution is 0.0981. The molecule has 2 heterocycles. The molecule has 2 aromatic heterocycles. The first-order valence-corrected chi connectivity index (χ1v) is 7.15. The third kappa shape index (κ3) is 3.23. The van der Waals surface area contributed by atoms with Crippen molar-refractivity contribution in [3.63, 3.8) is 0 Å². The van der Waals surface area contributed by atoms with Gasteiger partial charge in [0.05, 0.1) is 6.20 Å². The molecule has 7 nitrogen and oxygen atoms in total. The Balaban J connectivity index is 1.81. The molecule has 0 fully saturated rings. The minimum atomic E-state index is -0.458. The van der Waals surface area contributed by atoms with Gasteiger partial charge in [0.1, 0.15) is 5.69 Å². The second kappa shape index (κ2) is 6.35. The highest BCUT2D eigenvalue weighted by Crippen LogP contribution is 2.24. The highest BCUT2D eigenvalue weighted by Gasteiger charge is 2.18. The van der Waals surface area contributed by atoms with Crippen LogP contribution in [0.5, 0.6) is 0 Å². The smallest absolute Gasteiger partial charge is 0.316 e. The highest BCUT2D eigenvalue weighted by atomic mass is 16.5. The van der Waals surface area contributed by atoms with Gasteiger partial charge in [0.15, 0.2) is 0 Å². The van der Waals surface area contributed by atoms with Gasteiger partial charge in [-0.2, -0.15) is 4.98 Å². The molecule has 116 valence electrons. The monoisotopic (exact) mass is 309 g/mol. The van der Waals surface area contributed by atoms with Gasteiger partial charge in [-0.3, -0.25) is 9.78 Å². The molecule has 0 bridgehead atoms.